The summed E-state index contributed by atoms with van der Waals surface area (Å²) in [6, 6.07) is 4.28. The summed E-state index contributed by atoms with van der Waals surface area (Å²) in [6.07, 6.45) is 0.839. The Bertz CT molecular complexity index is 532. The number of nitrogens with zero attached hydrogens (tertiary/aromatic N) is 2. The molecule has 2 rings (SSSR count). The molecular weight excluding hydrogens is 310 g/mol. The van der Waals surface area contributed by atoms with E-state index in [2.05, 4.69) is 26.1 Å². The maximum Gasteiger partial charge on any atom is 0.247 e. The molecule has 0 aliphatic rings. The smallest absolute Gasteiger partial charge is 0.247 e. The first-order valence-electron chi connectivity index (χ1n) is 5.04. The van der Waals surface area contributed by atoms with Gasteiger partial charge < -0.3 is 4.42 Å². The molecule has 0 aliphatic carbocycles. The minimum absolute atomic E-state index is 0.0275. The van der Waals surface area contributed by atoms with Gasteiger partial charge in [-0.15, -0.1) is 10.2 Å². The summed E-state index contributed by atoms with van der Waals surface area (Å²) in [5.74, 6) is 0.366. The predicted octanol–water partition coefficient (Wildman–Crippen LogP) is 4.38. The summed E-state index contributed by atoms with van der Waals surface area (Å²) in [6.45, 7) is 2.00. The van der Waals surface area contributed by atoms with Crippen molar-refractivity contribution in [2.75, 3.05) is 0 Å². The molecule has 0 aliphatic heterocycles. The van der Waals surface area contributed by atoms with Crippen LogP contribution in [0, 0.1) is 5.82 Å². The van der Waals surface area contributed by atoms with Crippen LogP contribution in [0.2, 0.25) is 5.02 Å². The van der Waals surface area contributed by atoms with Crippen LogP contribution >= 0.6 is 27.5 Å². The summed E-state index contributed by atoms with van der Waals surface area (Å²) in [5.41, 5.74) is 0.603. The maximum atomic E-state index is 13.0. The first kappa shape index (κ1) is 12.5. The number of benzene rings is 1. The van der Waals surface area contributed by atoms with Crippen LogP contribution in [0.4, 0.5) is 4.39 Å². The third-order valence-corrected chi connectivity index (χ3v) is 3.56. The zero-order valence-corrected chi connectivity index (χ0v) is 11.3. The van der Waals surface area contributed by atoms with Crippen molar-refractivity contribution in [1.29, 1.82) is 0 Å². The van der Waals surface area contributed by atoms with E-state index in [1.807, 2.05) is 6.92 Å². The van der Waals surface area contributed by atoms with E-state index in [9.17, 15) is 4.39 Å². The molecule has 0 fully saturated rings. The third-order valence-electron chi connectivity index (χ3n) is 2.23. The van der Waals surface area contributed by atoms with E-state index in [0.29, 0.717) is 17.3 Å². The van der Waals surface area contributed by atoms with Crippen molar-refractivity contribution in [1.82, 2.24) is 10.2 Å². The lowest BCUT2D eigenvalue weighted by Gasteiger charge is -1.99. The molecule has 0 amide bonds. The Morgan fingerprint density at radius 2 is 2.24 bits per heavy atom. The highest BCUT2D eigenvalue weighted by molar-refractivity contribution is 9.09. The van der Waals surface area contributed by atoms with Gasteiger partial charge in [-0.1, -0.05) is 34.5 Å². The van der Waals surface area contributed by atoms with Gasteiger partial charge in [0.25, 0.3) is 0 Å². The van der Waals surface area contributed by atoms with Gasteiger partial charge in [-0.2, -0.15) is 0 Å². The fraction of sp³-hybridized carbons (Fsp3) is 0.273. The van der Waals surface area contributed by atoms with Crippen molar-refractivity contribution in [3.05, 3.63) is 34.9 Å². The van der Waals surface area contributed by atoms with Gasteiger partial charge in [-0.3, -0.25) is 0 Å². The number of hydrogen-bond acceptors (Lipinski definition) is 3. The van der Waals surface area contributed by atoms with Crippen molar-refractivity contribution in [3.8, 4) is 11.5 Å². The zero-order chi connectivity index (χ0) is 12.4. The Hall–Kier alpha value is -0.940. The first-order valence-corrected chi connectivity index (χ1v) is 6.34. The Morgan fingerprint density at radius 1 is 1.47 bits per heavy atom. The van der Waals surface area contributed by atoms with Crippen LogP contribution in [0.1, 0.15) is 24.1 Å². The Kier molecular flexibility index (Phi) is 3.79. The molecule has 1 unspecified atom stereocenters. The number of alkyl halides is 1. The molecule has 1 aromatic heterocycles. The lowest BCUT2D eigenvalue weighted by Crippen LogP contribution is -1.86. The number of aromatic nitrogens is 2. The van der Waals surface area contributed by atoms with Crippen molar-refractivity contribution in [3.63, 3.8) is 0 Å². The molecule has 1 atom stereocenters. The molecule has 3 nitrogen and oxygen atoms in total. The Morgan fingerprint density at radius 3 is 2.88 bits per heavy atom. The maximum absolute atomic E-state index is 13.0. The quantitative estimate of drug-likeness (QED) is 0.788. The van der Waals surface area contributed by atoms with Crippen molar-refractivity contribution >= 4 is 27.5 Å². The highest BCUT2D eigenvalue weighted by Crippen LogP contribution is 2.29. The van der Waals surface area contributed by atoms with E-state index < -0.39 is 5.82 Å². The average Bonchev–Trinajstić information content (AvgIpc) is 2.81. The molecular formula is C11H9BrClFN2O. The van der Waals surface area contributed by atoms with Gasteiger partial charge in [0, 0.05) is 5.56 Å². The molecule has 0 radical (unpaired) electrons. The van der Waals surface area contributed by atoms with Crippen LogP contribution in [0.5, 0.6) is 0 Å². The average molecular weight is 320 g/mol. The fourth-order valence-electron chi connectivity index (χ4n) is 1.28. The molecule has 0 bridgehead atoms. The largest absolute Gasteiger partial charge is 0.419 e. The van der Waals surface area contributed by atoms with Crippen LogP contribution in [0.25, 0.3) is 11.5 Å². The normalized spacial score (nSPS) is 12.7. The van der Waals surface area contributed by atoms with Crippen molar-refractivity contribution in [2.24, 2.45) is 0 Å². The summed E-state index contributed by atoms with van der Waals surface area (Å²) >= 11 is 9.10. The molecule has 2 aromatic rings. The van der Waals surface area contributed by atoms with Crippen LogP contribution in [0.15, 0.2) is 22.6 Å². The molecule has 0 saturated heterocycles. The summed E-state index contributed by atoms with van der Waals surface area (Å²) in [4.78, 5) is 0.0275. The number of hydrogen-bond donors (Lipinski definition) is 0. The predicted molar refractivity (Wildman–Crippen MR) is 66.7 cm³/mol. The standard InChI is InChI=1S/C11H9BrClFN2O/c1-2-7(12)11-16-15-10(17-11)6-3-4-9(14)8(13)5-6/h3-5,7H,2H2,1H3. The second kappa shape index (κ2) is 5.14. The minimum Gasteiger partial charge on any atom is -0.419 e. The van der Waals surface area contributed by atoms with E-state index in [-0.39, 0.29) is 9.85 Å². The van der Waals surface area contributed by atoms with Gasteiger partial charge in [-0.25, -0.2) is 4.39 Å². The van der Waals surface area contributed by atoms with Crippen molar-refractivity contribution < 1.29 is 8.81 Å². The van der Waals surface area contributed by atoms with Gasteiger partial charge in [0.1, 0.15) is 5.82 Å². The minimum atomic E-state index is -0.470. The van der Waals surface area contributed by atoms with Gasteiger partial charge in [0.2, 0.25) is 11.8 Å². The molecule has 0 N–H and O–H groups in total. The number of rotatable bonds is 3. The Labute approximate surface area is 111 Å². The van der Waals surface area contributed by atoms with Crippen LogP contribution < -0.4 is 0 Å². The summed E-state index contributed by atoms with van der Waals surface area (Å²) in [7, 11) is 0. The van der Waals surface area contributed by atoms with Crippen molar-refractivity contribution in [2.45, 2.75) is 18.2 Å². The second-order valence-corrected chi connectivity index (χ2v) is 4.96. The zero-order valence-electron chi connectivity index (χ0n) is 8.95. The molecule has 17 heavy (non-hydrogen) atoms. The molecule has 90 valence electrons. The van der Waals surface area contributed by atoms with E-state index in [4.69, 9.17) is 16.0 Å². The third kappa shape index (κ3) is 2.66. The van der Waals surface area contributed by atoms with Crippen LogP contribution in [0.3, 0.4) is 0 Å². The highest BCUT2D eigenvalue weighted by atomic mass is 79.9. The topological polar surface area (TPSA) is 38.9 Å². The SMILES string of the molecule is CCC(Br)c1nnc(-c2ccc(F)c(Cl)c2)o1. The van der Waals surface area contributed by atoms with E-state index in [1.165, 1.54) is 12.1 Å². The van der Waals surface area contributed by atoms with Crippen LogP contribution in [-0.4, -0.2) is 10.2 Å². The summed E-state index contributed by atoms with van der Waals surface area (Å²) in [5, 5.41) is 7.85. The monoisotopic (exact) mass is 318 g/mol. The molecule has 0 saturated carbocycles. The van der Waals surface area contributed by atoms with Gasteiger partial charge >= 0.3 is 0 Å². The molecule has 6 heteroatoms. The van der Waals surface area contributed by atoms with Gasteiger partial charge in [-0.05, 0) is 24.6 Å². The van der Waals surface area contributed by atoms with Gasteiger partial charge in [0.15, 0.2) is 0 Å². The highest BCUT2D eigenvalue weighted by Gasteiger charge is 2.15. The fourth-order valence-corrected chi connectivity index (χ4v) is 1.65. The van der Waals surface area contributed by atoms with E-state index in [0.717, 1.165) is 6.42 Å². The van der Waals surface area contributed by atoms with Crippen LogP contribution in [-0.2, 0) is 0 Å². The van der Waals surface area contributed by atoms with E-state index in [1.54, 1.807) is 6.07 Å². The Balaban J connectivity index is 2.33. The second-order valence-electron chi connectivity index (χ2n) is 3.45. The molecule has 0 spiro atoms. The lowest BCUT2D eigenvalue weighted by atomic mass is 10.2. The number of halogens is 3. The van der Waals surface area contributed by atoms with Gasteiger partial charge in [0.05, 0.1) is 9.85 Å². The van der Waals surface area contributed by atoms with E-state index >= 15 is 0 Å². The molecule has 1 aromatic carbocycles. The summed E-state index contributed by atoms with van der Waals surface area (Å²) < 4.78 is 18.5. The molecule has 1 heterocycles. The first-order chi connectivity index (χ1) is 8.11. The lowest BCUT2D eigenvalue weighted by molar-refractivity contribution is 0.500.